The Morgan fingerprint density at radius 2 is 2.19 bits per heavy atom. The third-order valence-corrected chi connectivity index (χ3v) is 2.61. The third-order valence-electron chi connectivity index (χ3n) is 2.61. The highest BCUT2D eigenvalue weighted by Crippen LogP contribution is 2.14. The van der Waals surface area contributed by atoms with Gasteiger partial charge in [0.2, 0.25) is 0 Å². The van der Waals surface area contributed by atoms with Gasteiger partial charge in [-0.2, -0.15) is 0 Å². The smallest absolute Gasteiger partial charge is 0.326 e. The molecule has 5 nitrogen and oxygen atoms in total. The van der Waals surface area contributed by atoms with Crippen molar-refractivity contribution in [3.05, 3.63) is 12.7 Å². The zero-order chi connectivity index (χ0) is 12.8. The van der Waals surface area contributed by atoms with Crippen LogP contribution >= 0.6 is 0 Å². The van der Waals surface area contributed by atoms with Crippen molar-refractivity contribution in [3.8, 4) is 0 Å². The van der Waals surface area contributed by atoms with E-state index >= 15 is 0 Å². The fourth-order valence-corrected chi connectivity index (χ4v) is 1.10. The molecule has 2 atom stereocenters. The standard InChI is InChI=1S/C11H19NO4/c1-5-7-8(9(13)14)12-10(15)11(3,6-2)16-4/h5,8H,1,6-7H2,2-4H3,(H,12,15)(H,13,14). The number of carboxylic acids is 1. The van der Waals surface area contributed by atoms with Crippen molar-refractivity contribution in [1.29, 1.82) is 0 Å². The molecule has 1 amide bonds. The molecule has 0 aliphatic rings. The molecule has 0 aliphatic heterocycles. The van der Waals surface area contributed by atoms with Crippen LogP contribution < -0.4 is 5.32 Å². The maximum Gasteiger partial charge on any atom is 0.326 e. The number of aliphatic carboxylic acids is 1. The van der Waals surface area contributed by atoms with Gasteiger partial charge in [0.15, 0.2) is 0 Å². The van der Waals surface area contributed by atoms with Gasteiger partial charge < -0.3 is 15.2 Å². The van der Waals surface area contributed by atoms with E-state index in [2.05, 4.69) is 11.9 Å². The molecule has 0 spiro atoms. The van der Waals surface area contributed by atoms with E-state index in [1.54, 1.807) is 13.8 Å². The van der Waals surface area contributed by atoms with Gasteiger partial charge in [0.1, 0.15) is 11.6 Å². The minimum absolute atomic E-state index is 0.185. The molecule has 0 aliphatic carbocycles. The van der Waals surface area contributed by atoms with Crippen LogP contribution in [0.25, 0.3) is 0 Å². The monoisotopic (exact) mass is 229 g/mol. The Kier molecular flexibility index (Phi) is 5.74. The van der Waals surface area contributed by atoms with Crippen molar-refractivity contribution in [1.82, 2.24) is 5.32 Å². The van der Waals surface area contributed by atoms with E-state index in [1.165, 1.54) is 13.2 Å². The van der Waals surface area contributed by atoms with Gasteiger partial charge >= 0.3 is 5.97 Å². The lowest BCUT2D eigenvalue weighted by Crippen LogP contribution is -2.51. The van der Waals surface area contributed by atoms with Crippen molar-refractivity contribution in [2.24, 2.45) is 0 Å². The Balaban J connectivity index is 4.62. The van der Waals surface area contributed by atoms with E-state index in [0.29, 0.717) is 6.42 Å². The fraction of sp³-hybridized carbons (Fsp3) is 0.636. The molecule has 0 fully saturated rings. The number of nitrogens with one attached hydrogen (secondary N) is 1. The summed E-state index contributed by atoms with van der Waals surface area (Å²) in [4.78, 5) is 22.6. The average molecular weight is 229 g/mol. The van der Waals surface area contributed by atoms with Crippen molar-refractivity contribution < 1.29 is 19.4 Å². The molecular formula is C11H19NO4. The van der Waals surface area contributed by atoms with Gasteiger partial charge in [-0.05, 0) is 19.8 Å². The first-order valence-corrected chi connectivity index (χ1v) is 5.11. The summed E-state index contributed by atoms with van der Waals surface area (Å²) in [5.74, 6) is -1.51. The van der Waals surface area contributed by atoms with Crippen LogP contribution in [0.5, 0.6) is 0 Å². The van der Waals surface area contributed by atoms with E-state index < -0.39 is 23.5 Å². The van der Waals surface area contributed by atoms with E-state index in [9.17, 15) is 9.59 Å². The number of hydrogen-bond donors (Lipinski definition) is 2. The highest BCUT2D eigenvalue weighted by Gasteiger charge is 2.33. The Morgan fingerprint density at radius 1 is 1.62 bits per heavy atom. The largest absolute Gasteiger partial charge is 0.480 e. The first-order chi connectivity index (χ1) is 7.41. The summed E-state index contributed by atoms with van der Waals surface area (Å²) in [6.07, 6.45) is 2.11. The average Bonchev–Trinajstić information content (AvgIpc) is 2.26. The van der Waals surface area contributed by atoms with Crippen LogP contribution in [0, 0.1) is 0 Å². The topological polar surface area (TPSA) is 75.6 Å². The molecule has 16 heavy (non-hydrogen) atoms. The number of amides is 1. The molecule has 2 unspecified atom stereocenters. The molecule has 0 saturated carbocycles. The first kappa shape index (κ1) is 14.6. The molecule has 0 aromatic rings. The number of methoxy groups -OCH3 is 1. The first-order valence-electron chi connectivity index (χ1n) is 5.11. The van der Waals surface area contributed by atoms with Gasteiger partial charge in [0.05, 0.1) is 0 Å². The van der Waals surface area contributed by atoms with Crippen LogP contribution in [0.3, 0.4) is 0 Å². The number of carboxylic acid groups (broad SMARTS) is 1. The molecule has 0 rings (SSSR count). The molecule has 5 heteroatoms. The summed E-state index contributed by atoms with van der Waals surface area (Å²) >= 11 is 0. The summed E-state index contributed by atoms with van der Waals surface area (Å²) in [5, 5.41) is 11.3. The number of ether oxygens (including phenoxy) is 1. The van der Waals surface area contributed by atoms with Crippen molar-refractivity contribution in [2.75, 3.05) is 7.11 Å². The molecule has 0 aromatic carbocycles. The van der Waals surface area contributed by atoms with Gasteiger partial charge in [0.25, 0.3) is 5.91 Å². The van der Waals surface area contributed by atoms with Crippen LogP contribution in [0.2, 0.25) is 0 Å². The lowest BCUT2D eigenvalue weighted by Gasteiger charge is -2.26. The number of hydrogen-bond acceptors (Lipinski definition) is 3. The van der Waals surface area contributed by atoms with E-state index in [-0.39, 0.29) is 6.42 Å². The van der Waals surface area contributed by atoms with Crippen LogP contribution in [0.4, 0.5) is 0 Å². The Hall–Kier alpha value is -1.36. The third kappa shape index (κ3) is 3.66. The second-order valence-corrected chi connectivity index (χ2v) is 3.68. The highest BCUT2D eigenvalue weighted by molar-refractivity contribution is 5.89. The maximum absolute atomic E-state index is 11.8. The van der Waals surface area contributed by atoms with Crippen LogP contribution in [-0.2, 0) is 14.3 Å². The quantitative estimate of drug-likeness (QED) is 0.637. The lowest BCUT2D eigenvalue weighted by atomic mass is 10.0. The summed E-state index contributed by atoms with van der Waals surface area (Å²) in [5.41, 5.74) is -0.991. The van der Waals surface area contributed by atoms with Crippen molar-refractivity contribution >= 4 is 11.9 Å². The Morgan fingerprint density at radius 3 is 2.50 bits per heavy atom. The molecule has 92 valence electrons. The van der Waals surface area contributed by atoms with Crippen molar-refractivity contribution in [3.63, 3.8) is 0 Å². The number of rotatable bonds is 7. The molecule has 0 bridgehead atoms. The maximum atomic E-state index is 11.8. The van der Waals surface area contributed by atoms with E-state index in [1.807, 2.05) is 0 Å². The van der Waals surface area contributed by atoms with Crippen LogP contribution in [0.15, 0.2) is 12.7 Å². The predicted octanol–water partition coefficient (Wildman–Crippen LogP) is 0.947. The van der Waals surface area contributed by atoms with Gasteiger partial charge in [-0.1, -0.05) is 13.0 Å². The zero-order valence-electron chi connectivity index (χ0n) is 9.95. The van der Waals surface area contributed by atoms with E-state index in [0.717, 1.165) is 0 Å². The van der Waals surface area contributed by atoms with Crippen LogP contribution in [-0.4, -0.2) is 35.7 Å². The highest BCUT2D eigenvalue weighted by atomic mass is 16.5. The molecule has 0 saturated heterocycles. The second-order valence-electron chi connectivity index (χ2n) is 3.68. The summed E-state index contributed by atoms with van der Waals surface area (Å²) in [6, 6.07) is -0.953. The lowest BCUT2D eigenvalue weighted by molar-refractivity contribution is -0.148. The van der Waals surface area contributed by atoms with Gasteiger partial charge in [-0.3, -0.25) is 4.79 Å². The summed E-state index contributed by atoms with van der Waals surface area (Å²) in [7, 11) is 1.42. The molecule has 0 aromatic heterocycles. The number of carbonyl (C=O) groups excluding carboxylic acids is 1. The van der Waals surface area contributed by atoms with Gasteiger partial charge in [-0.25, -0.2) is 4.79 Å². The van der Waals surface area contributed by atoms with Gasteiger partial charge in [-0.15, -0.1) is 6.58 Å². The minimum Gasteiger partial charge on any atom is -0.480 e. The predicted molar refractivity (Wildman–Crippen MR) is 60.1 cm³/mol. The Bertz CT molecular complexity index is 271. The Labute approximate surface area is 95.5 Å². The van der Waals surface area contributed by atoms with Crippen molar-refractivity contribution in [2.45, 2.75) is 38.3 Å². The zero-order valence-corrected chi connectivity index (χ0v) is 9.95. The van der Waals surface area contributed by atoms with E-state index in [4.69, 9.17) is 9.84 Å². The SMILES string of the molecule is C=CCC(NC(=O)C(C)(CC)OC)C(=O)O. The molecule has 0 heterocycles. The molecular weight excluding hydrogens is 210 g/mol. The van der Waals surface area contributed by atoms with Gasteiger partial charge in [0, 0.05) is 7.11 Å². The minimum atomic E-state index is -1.08. The molecule has 0 radical (unpaired) electrons. The number of carbonyl (C=O) groups is 2. The fourth-order valence-electron chi connectivity index (χ4n) is 1.10. The summed E-state index contributed by atoms with van der Waals surface area (Å²) < 4.78 is 5.08. The normalized spacial score (nSPS) is 15.9. The second kappa shape index (κ2) is 6.27. The summed E-state index contributed by atoms with van der Waals surface area (Å²) in [6.45, 7) is 6.86. The van der Waals surface area contributed by atoms with Crippen LogP contribution in [0.1, 0.15) is 26.7 Å². The molecule has 2 N–H and O–H groups in total.